The molecule has 11 aromatic carbocycles. The van der Waals surface area contributed by atoms with Crippen LogP contribution in [0.4, 0.5) is 0 Å². The summed E-state index contributed by atoms with van der Waals surface area (Å²) in [5, 5.41) is 9.35. The van der Waals surface area contributed by atoms with E-state index in [1.807, 2.05) is 6.08 Å². The Kier molecular flexibility index (Phi) is 9.62. The number of hydrogen-bond donors (Lipinski definition) is 0. The fourth-order valence-electron chi connectivity index (χ4n) is 10.6. The quantitative estimate of drug-likeness (QED) is 0.139. The average Bonchev–Trinajstić information content (AvgIpc) is 3.78. The van der Waals surface area contributed by atoms with Gasteiger partial charge in [0.15, 0.2) is 0 Å². The van der Waals surface area contributed by atoms with Crippen molar-refractivity contribution in [3.63, 3.8) is 0 Å². The molecule has 0 amide bonds. The molecule has 12 aromatic rings. The van der Waals surface area contributed by atoms with E-state index in [1.54, 1.807) is 0 Å². The van der Waals surface area contributed by atoms with E-state index in [9.17, 15) is 0 Å². The van der Waals surface area contributed by atoms with Crippen LogP contribution in [0.5, 0.6) is 0 Å². The minimum Gasteiger partial charge on any atom is -0.455 e. The van der Waals surface area contributed by atoms with Crippen LogP contribution in [-0.4, -0.2) is 0 Å². The van der Waals surface area contributed by atoms with Gasteiger partial charge in [-0.1, -0.05) is 219 Å². The molecule has 0 spiro atoms. The van der Waals surface area contributed by atoms with E-state index in [2.05, 4.69) is 244 Å². The molecule has 1 heteroatoms. The van der Waals surface area contributed by atoms with Gasteiger partial charge in [0, 0.05) is 21.9 Å². The summed E-state index contributed by atoms with van der Waals surface area (Å²) in [5.41, 5.74) is 18.0. The highest BCUT2D eigenvalue weighted by Crippen LogP contribution is 2.50. The van der Waals surface area contributed by atoms with Gasteiger partial charge in [-0.15, -0.1) is 0 Å². The van der Waals surface area contributed by atoms with Crippen molar-refractivity contribution >= 4 is 66.4 Å². The predicted octanol–water partition coefficient (Wildman–Crippen LogP) is 18.7. The molecule has 0 aliphatic heterocycles. The highest BCUT2D eigenvalue weighted by atomic mass is 16.3. The summed E-state index contributed by atoms with van der Waals surface area (Å²) in [7, 11) is 0. The standard InChI is InChI=1S/C65H44O/c1-3-22-49-48(4-2)60(44-27-12-7-13-28-44)50-29-14-19-34-55(50)63(49)57-36-20-37-58-64-56(35-21-38-59(64)66-65(57)58)62-53-32-17-15-30-51(53)61(52-31-16-18-33-54(52)62)47-40-45(42-23-8-5-9-24-42)39-46(41-47)43-25-10-6-11-26-43/h3-41H,2H2,1H3/b22-3-. The molecule has 0 saturated carbocycles. The van der Waals surface area contributed by atoms with Crippen LogP contribution in [0.15, 0.2) is 235 Å². The molecule has 310 valence electrons. The van der Waals surface area contributed by atoms with Crippen molar-refractivity contribution in [1.29, 1.82) is 0 Å². The highest BCUT2D eigenvalue weighted by molar-refractivity contribution is 6.27. The Bertz CT molecular complexity index is 3760. The van der Waals surface area contributed by atoms with Crippen molar-refractivity contribution in [2.45, 2.75) is 6.92 Å². The molecule has 0 N–H and O–H groups in total. The van der Waals surface area contributed by atoms with Crippen molar-refractivity contribution in [3.05, 3.63) is 242 Å². The summed E-state index contributed by atoms with van der Waals surface area (Å²) in [5.74, 6) is 0. The molecule has 1 nitrogen and oxygen atoms in total. The van der Waals surface area contributed by atoms with Gasteiger partial charge in [-0.2, -0.15) is 0 Å². The first kappa shape index (κ1) is 39.1. The lowest BCUT2D eigenvalue weighted by Gasteiger charge is -2.20. The van der Waals surface area contributed by atoms with Crippen molar-refractivity contribution in [2.24, 2.45) is 0 Å². The number of hydrogen-bond acceptors (Lipinski definition) is 1. The second kappa shape index (κ2) is 16.2. The highest BCUT2D eigenvalue weighted by Gasteiger charge is 2.25. The topological polar surface area (TPSA) is 13.1 Å². The van der Waals surface area contributed by atoms with Gasteiger partial charge in [0.1, 0.15) is 11.2 Å². The zero-order valence-electron chi connectivity index (χ0n) is 36.6. The second-order valence-electron chi connectivity index (χ2n) is 17.0. The van der Waals surface area contributed by atoms with Gasteiger partial charge in [-0.05, 0) is 130 Å². The van der Waals surface area contributed by atoms with Gasteiger partial charge in [-0.25, -0.2) is 0 Å². The summed E-state index contributed by atoms with van der Waals surface area (Å²) in [6.45, 7) is 6.49. The fraction of sp³-hybridized carbons (Fsp3) is 0.0154. The van der Waals surface area contributed by atoms with Crippen LogP contribution < -0.4 is 0 Å². The van der Waals surface area contributed by atoms with E-state index in [0.29, 0.717) is 0 Å². The molecule has 0 aliphatic rings. The molecule has 0 saturated heterocycles. The van der Waals surface area contributed by atoms with Gasteiger partial charge in [0.2, 0.25) is 0 Å². The first-order chi connectivity index (χ1) is 32.7. The predicted molar refractivity (Wildman–Crippen MR) is 284 cm³/mol. The molecular weight excluding hydrogens is 797 g/mol. The summed E-state index contributed by atoms with van der Waals surface area (Å²) < 4.78 is 7.15. The SMILES string of the molecule is C=Cc1c(/C=C\C)c(-c2cccc3c2oc2cccc(-c4c5ccccc5c(-c5cc(-c6ccccc6)cc(-c6ccccc6)c5)c5ccccc45)c23)c2ccccc2c1-c1ccccc1. The van der Waals surface area contributed by atoms with Crippen molar-refractivity contribution in [1.82, 2.24) is 0 Å². The molecule has 0 aliphatic carbocycles. The van der Waals surface area contributed by atoms with E-state index < -0.39 is 0 Å². The smallest absolute Gasteiger partial charge is 0.143 e. The number of furan rings is 1. The Morgan fingerprint density at radius 1 is 0.348 bits per heavy atom. The van der Waals surface area contributed by atoms with Gasteiger partial charge >= 0.3 is 0 Å². The van der Waals surface area contributed by atoms with Crippen molar-refractivity contribution < 1.29 is 4.42 Å². The molecule has 1 aromatic heterocycles. The number of fused-ring (bicyclic) bond motifs is 6. The van der Waals surface area contributed by atoms with Crippen molar-refractivity contribution in [2.75, 3.05) is 0 Å². The minimum absolute atomic E-state index is 0.858. The number of para-hydroxylation sites is 1. The van der Waals surface area contributed by atoms with E-state index in [-0.39, 0.29) is 0 Å². The van der Waals surface area contributed by atoms with Crippen LogP contribution in [0.1, 0.15) is 18.1 Å². The molecule has 1 heterocycles. The lowest BCUT2D eigenvalue weighted by atomic mass is 9.82. The molecule has 0 radical (unpaired) electrons. The Morgan fingerprint density at radius 2 is 0.788 bits per heavy atom. The Hall–Kier alpha value is -8.52. The molecule has 0 unspecified atom stereocenters. The summed E-state index contributed by atoms with van der Waals surface area (Å²) in [6.07, 6.45) is 6.38. The molecule has 0 bridgehead atoms. The monoisotopic (exact) mass is 840 g/mol. The maximum Gasteiger partial charge on any atom is 0.143 e. The summed E-state index contributed by atoms with van der Waals surface area (Å²) >= 11 is 0. The van der Waals surface area contributed by atoms with E-state index in [0.717, 1.165) is 49.8 Å². The maximum absolute atomic E-state index is 7.15. The molecular formula is C65H44O. The van der Waals surface area contributed by atoms with Crippen LogP contribution in [-0.2, 0) is 0 Å². The van der Waals surface area contributed by atoms with Crippen molar-refractivity contribution in [3.8, 4) is 66.8 Å². The Morgan fingerprint density at radius 3 is 1.33 bits per heavy atom. The van der Waals surface area contributed by atoms with Crippen LogP contribution >= 0.6 is 0 Å². The van der Waals surface area contributed by atoms with Gasteiger partial charge in [-0.3, -0.25) is 0 Å². The molecule has 66 heavy (non-hydrogen) atoms. The van der Waals surface area contributed by atoms with E-state index in [4.69, 9.17) is 4.42 Å². The van der Waals surface area contributed by atoms with Gasteiger partial charge < -0.3 is 4.42 Å². The largest absolute Gasteiger partial charge is 0.455 e. The third-order valence-electron chi connectivity index (χ3n) is 13.3. The van der Waals surface area contributed by atoms with Crippen LogP contribution in [0, 0.1) is 0 Å². The van der Waals surface area contributed by atoms with Crippen LogP contribution in [0.2, 0.25) is 0 Å². The number of allylic oxidation sites excluding steroid dienone is 1. The molecule has 0 atom stereocenters. The van der Waals surface area contributed by atoms with Gasteiger partial charge in [0.25, 0.3) is 0 Å². The lowest BCUT2D eigenvalue weighted by molar-refractivity contribution is 0.670. The van der Waals surface area contributed by atoms with Gasteiger partial charge in [0.05, 0.1) is 0 Å². The minimum atomic E-state index is 0.858. The lowest BCUT2D eigenvalue weighted by Crippen LogP contribution is -1.96. The third kappa shape index (κ3) is 6.31. The third-order valence-corrected chi connectivity index (χ3v) is 13.3. The Balaban J connectivity index is 1.14. The fourth-order valence-corrected chi connectivity index (χ4v) is 10.6. The molecule has 12 rings (SSSR count). The maximum atomic E-state index is 7.15. The van der Waals surface area contributed by atoms with E-state index >= 15 is 0 Å². The first-order valence-electron chi connectivity index (χ1n) is 22.7. The first-order valence-corrected chi connectivity index (χ1v) is 22.7. The second-order valence-corrected chi connectivity index (χ2v) is 17.0. The van der Waals surface area contributed by atoms with Crippen LogP contribution in [0.25, 0.3) is 133 Å². The van der Waals surface area contributed by atoms with Crippen LogP contribution in [0.3, 0.4) is 0 Å². The average molecular weight is 841 g/mol. The zero-order valence-corrected chi connectivity index (χ0v) is 36.6. The zero-order chi connectivity index (χ0) is 44.1. The molecule has 0 fully saturated rings. The number of benzene rings is 11. The summed E-state index contributed by atoms with van der Waals surface area (Å²) in [4.78, 5) is 0. The summed E-state index contributed by atoms with van der Waals surface area (Å²) in [6, 6.07) is 79.1. The Labute approximate surface area is 384 Å². The number of rotatable bonds is 8. The van der Waals surface area contributed by atoms with E-state index in [1.165, 1.54) is 82.4 Å². The normalized spacial score (nSPS) is 11.7.